The van der Waals surface area contributed by atoms with E-state index < -0.39 is 0 Å². The molecule has 160 valence electrons. The molecule has 0 unspecified atom stereocenters. The number of carbonyl (C=O) groups is 2. The lowest BCUT2D eigenvalue weighted by atomic mass is 10.0. The molecule has 0 atom stereocenters. The first-order valence-electron chi connectivity index (χ1n) is 10.0. The third-order valence-electron chi connectivity index (χ3n) is 5.28. The maximum absolute atomic E-state index is 12.7. The van der Waals surface area contributed by atoms with Gasteiger partial charge in [0.1, 0.15) is 5.75 Å². The minimum Gasteiger partial charge on any atom is -0.495 e. The van der Waals surface area contributed by atoms with Gasteiger partial charge in [0.2, 0.25) is 0 Å². The fourth-order valence-electron chi connectivity index (χ4n) is 3.75. The highest BCUT2D eigenvalue weighted by atomic mass is 32.2. The number of ketones is 1. The Kier molecular flexibility index (Phi) is 6.92. The predicted octanol–water partition coefficient (Wildman–Crippen LogP) is 4.83. The van der Waals surface area contributed by atoms with Gasteiger partial charge in [0.15, 0.2) is 5.78 Å². The van der Waals surface area contributed by atoms with E-state index in [4.69, 9.17) is 4.74 Å². The Morgan fingerprint density at radius 1 is 0.967 bits per heavy atom. The number of nitrogens with zero attached hydrogens (tertiary/aromatic N) is 2. The molecule has 0 aromatic heterocycles. The van der Waals surface area contributed by atoms with E-state index in [-0.39, 0.29) is 11.0 Å². The number of methoxy groups -OCH3 is 1. The smallest absolute Gasteiger partial charge is 0.302 e. The summed E-state index contributed by atoms with van der Waals surface area (Å²) >= 11 is 1.02. The van der Waals surface area contributed by atoms with Crippen molar-refractivity contribution in [1.82, 2.24) is 4.90 Å². The van der Waals surface area contributed by atoms with Crippen molar-refractivity contribution >= 4 is 34.3 Å². The van der Waals surface area contributed by atoms with Crippen LogP contribution < -0.4 is 14.4 Å². The number of amides is 1. The first-order chi connectivity index (χ1) is 14.3. The van der Waals surface area contributed by atoms with Gasteiger partial charge in [-0.1, -0.05) is 6.07 Å². The lowest BCUT2D eigenvalue weighted by Gasteiger charge is -2.36. The normalized spacial score (nSPS) is 13.9. The molecule has 1 saturated heterocycles. The van der Waals surface area contributed by atoms with Crippen molar-refractivity contribution < 1.29 is 14.3 Å². The van der Waals surface area contributed by atoms with Crippen molar-refractivity contribution in [2.75, 3.05) is 42.9 Å². The summed E-state index contributed by atoms with van der Waals surface area (Å²) in [5.74, 6) is 0.592. The largest absolute Gasteiger partial charge is 0.495 e. The zero-order valence-corrected chi connectivity index (χ0v) is 19.1. The molecule has 3 rings (SSSR count). The number of benzene rings is 2. The Hall–Kier alpha value is -2.67. The molecule has 0 saturated carbocycles. The average molecular weight is 428 g/mol. The Labute approximate surface area is 182 Å². The fourth-order valence-corrected chi connectivity index (χ4v) is 4.42. The number of hydrogen-bond acceptors (Lipinski definition) is 6. The molecule has 0 bridgehead atoms. The topological polar surface area (TPSA) is 61.9 Å². The van der Waals surface area contributed by atoms with Crippen molar-refractivity contribution in [2.24, 2.45) is 0 Å². The molecule has 2 aromatic carbocycles. The van der Waals surface area contributed by atoms with E-state index in [1.165, 1.54) is 23.7 Å². The maximum atomic E-state index is 12.7. The number of carbonyl (C=O) groups excluding carboxylic acids is 2. The lowest BCUT2D eigenvalue weighted by molar-refractivity contribution is 0.101. The van der Waals surface area contributed by atoms with Gasteiger partial charge in [-0.2, -0.15) is 0 Å². The molecule has 1 heterocycles. The predicted molar refractivity (Wildman–Crippen MR) is 124 cm³/mol. The molecule has 1 aliphatic heterocycles. The second-order valence-electron chi connectivity index (χ2n) is 7.71. The van der Waals surface area contributed by atoms with Crippen molar-refractivity contribution in [2.45, 2.75) is 27.7 Å². The summed E-state index contributed by atoms with van der Waals surface area (Å²) < 4.78 is 8.48. The molecular formula is C23H29N3O3S. The van der Waals surface area contributed by atoms with Gasteiger partial charge in [0.25, 0.3) is 0 Å². The van der Waals surface area contributed by atoms with Crippen LogP contribution in [-0.4, -0.2) is 49.2 Å². The minimum absolute atomic E-state index is 0.0166. The highest BCUT2D eigenvalue weighted by molar-refractivity contribution is 8.14. The third-order valence-corrected chi connectivity index (χ3v) is 6.04. The number of Topliss-reactive ketones (excluding diaryl/α,β-unsaturated/α-hetero) is 1. The Balaban J connectivity index is 1.60. The molecule has 0 spiro atoms. The van der Waals surface area contributed by atoms with Gasteiger partial charge >= 0.3 is 5.24 Å². The Morgan fingerprint density at radius 2 is 1.60 bits per heavy atom. The summed E-state index contributed by atoms with van der Waals surface area (Å²) in [5, 5.41) is -0.0397. The number of aryl methyl sites for hydroxylation is 3. The lowest BCUT2D eigenvalue weighted by Crippen LogP contribution is -2.47. The highest BCUT2D eigenvalue weighted by Gasteiger charge is 2.23. The quantitative estimate of drug-likeness (QED) is 0.545. The summed E-state index contributed by atoms with van der Waals surface area (Å²) in [6.07, 6.45) is 0. The first-order valence-corrected chi connectivity index (χ1v) is 10.8. The molecular weight excluding hydrogens is 398 g/mol. The number of anilines is 2. The summed E-state index contributed by atoms with van der Waals surface area (Å²) in [6, 6.07) is 10.1. The van der Waals surface area contributed by atoms with Crippen LogP contribution >= 0.6 is 11.9 Å². The van der Waals surface area contributed by atoms with Gasteiger partial charge in [-0.3, -0.25) is 9.59 Å². The van der Waals surface area contributed by atoms with Gasteiger partial charge in [0.05, 0.1) is 12.8 Å². The van der Waals surface area contributed by atoms with E-state index in [1.54, 1.807) is 13.2 Å². The molecule has 1 fully saturated rings. The summed E-state index contributed by atoms with van der Waals surface area (Å²) in [6.45, 7) is 10.6. The second kappa shape index (κ2) is 9.43. The van der Waals surface area contributed by atoms with Crippen LogP contribution in [0.3, 0.4) is 0 Å². The molecule has 6 nitrogen and oxygen atoms in total. The number of nitrogens with one attached hydrogen (secondary N) is 1. The number of ether oxygens (including phenoxy) is 1. The fraction of sp³-hybridized carbons (Fsp3) is 0.391. The molecule has 2 aromatic rings. The van der Waals surface area contributed by atoms with Crippen LogP contribution in [0.25, 0.3) is 0 Å². The van der Waals surface area contributed by atoms with E-state index in [2.05, 4.69) is 41.7 Å². The molecule has 30 heavy (non-hydrogen) atoms. The zero-order valence-electron chi connectivity index (χ0n) is 18.2. The van der Waals surface area contributed by atoms with Crippen LogP contribution in [0.4, 0.5) is 16.2 Å². The van der Waals surface area contributed by atoms with Crippen molar-refractivity contribution in [3.8, 4) is 5.75 Å². The molecule has 0 radical (unpaired) electrons. The van der Waals surface area contributed by atoms with E-state index in [1.807, 2.05) is 17.9 Å². The van der Waals surface area contributed by atoms with Crippen LogP contribution in [-0.2, 0) is 0 Å². The third kappa shape index (κ3) is 5.08. The van der Waals surface area contributed by atoms with E-state index in [0.717, 1.165) is 30.6 Å². The Bertz CT molecular complexity index is 933. The van der Waals surface area contributed by atoms with Crippen LogP contribution in [0.5, 0.6) is 5.75 Å². The van der Waals surface area contributed by atoms with Gasteiger partial charge in [-0.05, 0) is 68.7 Å². The summed E-state index contributed by atoms with van der Waals surface area (Å²) in [7, 11) is 1.58. The van der Waals surface area contributed by atoms with Crippen molar-refractivity contribution in [1.29, 1.82) is 0 Å². The van der Waals surface area contributed by atoms with Crippen molar-refractivity contribution in [3.63, 3.8) is 0 Å². The summed E-state index contributed by atoms with van der Waals surface area (Å²) in [5.41, 5.74) is 5.81. The van der Waals surface area contributed by atoms with Crippen molar-refractivity contribution in [3.05, 3.63) is 52.6 Å². The maximum Gasteiger partial charge on any atom is 0.302 e. The van der Waals surface area contributed by atoms with Gasteiger partial charge < -0.3 is 19.3 Å². The molecule has 1 N–H and O–H groups in total. The highest BCUT2D eigenvalue weighted by Crippen LogP contribution is 2.31. The van der Waals surface area contributed by atoms with E-state index in [0.29, 0.717) is 30.1 Å². The SMILES string of the molecule is COc1cc(C)c(C(C)=O)cc1NSC(=O)N1CCN(c2cc(C)cc(C)c2)CC1. The van der Waals surface area contributed by atoms with E-state index in [9.17, 15) is 9.59 Å². The van der Waals surface area contributed by atoms with Crippen LogP contribution in [0.2, 0.25) is 0 Å². The van der Waals surface area contributed by atoms with Crippen LogP contribution in [0.15, 0.2) is 30.3 Å². The number of hydrogen-bond donors (Lipinski definition) is 1. The molecule has 1 amide bonds. The standard InChI is InChI=1S/C23H29N3O3S/c1-15-10-16(2)12-19(11-15)25-6-8-26(9-7-25)23(28)30-24-21-14-20(18(4)27)17(3)13-22(21)29-5/h10-14,24H,6-9H2,1-5H3. The van der Waals surface area contributed by atoms with Crippen LogP contribution in [0.1, 0.15) is 34.0 Å². The van der Waals surface area contributed by atoms with Gasteiger partial charge in [-0.15, -0.1) is 0 Å². The van der Waals surface area contributed by atoms with E-state index >= 15 is 0 Å². The molecule has 7 heteroatoms. The van der Waals surface area contributed by atoms with Gasteiger partial charge in [0, 0.05) is 49.4 Å². The summed E-state index contributed by atoms with van der Waals surface area (Å²) in [4.78, 5) is 28.7. The van der Waals surface area contributed by atoms with Gasteiger partial charge in [-0.25, -0.2) is 0 Å². The Morgan fingerprint density at radius 3 is 2.17 bits per heavy atom. The first kappa shape index (κ1) is 22.0. The number of rotatable bonds is 5. The zero-order chi connectivity index (χ0) is 21.8. The minimum atomic E-state index is -0.0397. The second-order valence-corrected chi connectivity index (χ2v) is 8.47. The van der Waals surface area contributed by atoms with Crippen LogP contribution in [0, 0.1) is 20.8 Å². The molecule has 1 aliphatic rings. The number of piperazine rings is 1. The molecule has 0 aliphatic carbocycles. The average Bonchev–Trinajstić information content (AvgIpc) is 2.71. The monoisotopic (exact) mass is 427 g/mol.